The van der Waals surface area contributed by atoms with Gasteiger partial charge in [-0.2, -0.15) is 8.78 Å². The number of thioether (sulfide) groups is 1. The summed E-state index contributed by atoms with van der Waals surface area (Å²) in [5.74, 6) is -1.36. The Labute approximate surface area is 180 Å². The van der Waals surface area contributed by atoms with Gasteiger partial charge in [0.05, 0.1) is 0 Å². The van der Waals surface area contributed by atoms with E-state index in [-0.39, 0.29) is 11.2 Å². The summed E-state index contributed by atoms with van der Waals surface area (Å²) in [7, 11) is 0. The predicted octanol–water partition coefficient (Wildman–Crippen LogP) is 8.23. The van der Waals surface area contributed by atoms with Crippen molar-refractivity contribution in [3.05, 3.63) is 89.7 Å². The summed E-state index contributed by atoms with van der Waals surface area (Å²) in [6.45, 7) is 4.35. The van der Waals surface area contributed by atoms with E-state index < -0.39 is 5.76 Å². The first-order chi connectivity index (χ1) is 14.3. The van der Waals surface area contributed by atoms with Crippen LogP contribution in [0.2, 0.25) is 0 Å². The Morgan fingerprint density at radius 3 is 2.27 bits per heavy atom. The van der Waals surface area contributed by atoms with Crippen molar-refractivity contribution in [2.24, 2.45) is 0 Å². The van der Waals surface area contributed by atoms with Crippen LogP contribution < -0.4 is 4.74 Å². The molecule has 0 saturated heterocycles. The van der Waals surface area contributed by atoms with E-state index in [0.717, 1.165) is 30.6 Å². The van der Waals surface area contributed by atoms with Gasteiger partial charge in [-0.15, -0.1) is 0 Å². The molecule has 0 atom stereocenters. The third kappa shape index (κ3) is 6.56. The first-order valence-corrected chi connectivity index (χ1v) is 10.8. The third-order valence-electron chi connectivity index (χ3n) is 5.08. The number of hydrogen-bond donors (Lipinski definition) is 0. The molecule has 0 fully saturated rings. The molecule has 3 aromatic rings. The van der Waals surface area contributed by atoms with Gasteiger partial charge in [0.2, 0.25) is 0 Å². The summed E-state index contributed by atoms with van der Waals surface area (Å²) in [4.78, 5) is 0.586. The summed E-state index contributed by atoms with van der Waals surface area (Å²) < 4.78 is 43.8. The molecule has 0 unspecified atom stereocenters. The fraction of sp³-hybridized carbons (Fsp3) is 0.280. The molecule has 158 valence electrons. The van der Waals surface area contributed by atoms with Crippen molar-refractivity contribution in [2.75, 3.05) is 0 Å². The normalized spacial score (nSPS) is 11.7. The zero-order chi connectivity index (χ0) is 21.6. The second-order valence-corrected chi connectivity index (χ2v) is 8.91. The average Bonchev–Trinajstić information content (AvgIpc) is 2.70. The van der Waals surface area contributed by atoms with E-state index in [0.29, 0.717) is 22.4 Å². The molecule has 5 heteroatoms. The Balaban J connectivity index is 1.55. The highest BCUT2D eigenvalue weighted by Crippen LogP contribution is 2.32. The highest BCUT2D eigenvalue weighted by atomic mass is 32.2. The summed E-state index contributed by atoms with van der Waals surface area (Å²) >= 11 is 0.572. The number of aryl methyl sites for hydroxylation is 1. The van der Waals surface area contributed by atoms with Crippen LogP contribution in [0.3, 0.4) is 0 Å². The lowest BCUT2D eigenvalue weighted by atomic mass is 9.80. The number of rotatable bonds is 9. The topological polar surface area (TPSA) is 9.23 Å². The Bertz CT molecular complexity index is 937. The van der Waals surface area contributed by atoms with Gasteiger partial charge in [-0.25, -0.2) is 4.39 Å². The van der Waals surface area contributed by atoms with Gasteiger partial charge >= 0.3 is 0 Å². The van der Waals surface area contributed by atoms with Gasteiger partial charge in [-0.05, 0) is 84.3 Å². The summed E-state index contributed by atoms with van der Waals surface area (Å²) in [6.07, 6.45) is 2.86. The zero-order valence-corrected chi connectivity index (χ0v) is 17.9. The fourth-order valence-corrected chi connectivity index (χ4v) is 3.87. The summed E-state index contributed by atoms with van der Waals surface area (Å²) in [5.41, 5.74) is 2.28. The van der Waals surface area contributed by atoms with Crippen molar-refractivity contribution < 1.29 is 17.9 Å². The maximum absolute atomic E-state index is 13.0. The summed E-state index contributed by atoms with van der Waals surface area (Å²) in [5, 5.41) is 0. The quantitative estimate of drug-likeness (QED) is 0.316. The molecular formula is C25H25F3OS. The van der Waals surface area contributed by atoms with Gasteiger partial charge in [0.1, 0.15) is 17.3 Å². The molecule has 3 rings (SSSR count). The molecule has 0 amide bonds. The Morgan fingerprint density at radius 2 is 1.60 bits per heavy atom. The molecule has 0 saturated carbocycles. The van der Waals surface area contributed by atoms with Crippen LogP contribution >= 0.6 is 11.8 Å². The lowest BCUT2D eigenvalue weighted by Crippen LogP contribution is -2.17. The molecule has 3 aromatic carbocycles. The van der Waals surface area contributed by atoms with Crippen LogP contribution in [0.5, 0.6) is 11.5 Å². The largest absolute Gasteiger partial charge is 0.457 e. The molecule has 30 heavy (non-hydrogen) atoms. The molecule has 0 spiro atoms. The van der Waals surface area contributed by atoms with E-state index in [1.807, 2.05) is 30.3 Å². The molecule has 0 bridgehead atoms. The zero-order valence-electron chi connectivity index (χ0n) is 17.1. The van der Waals surface area contributed by atoms with Gasteiger partial charge < -0.3 is 4.74 Å². The van der Waals surface area contributed by atoms with E-state index in [4.69, 9.17) is 4.74 Å². The second-order valence-electron chi connectivity index (χ2n) is 7.84. The van der Waals surface area contributed by atoms with Crippen LogP contribution in [0.4, 0.5) is 13.2 Å². The van der Waals surface area contributed by atoms with E-state index in [1.165, 1.54) is 17.7 Å². The van der Waals surface area contributed by atoms with Gasteiger partial charge in [0.15, 0.2) is 0 Å². The summed E-state index contributed by atoms with van der Waals surface area (Å²) in [6, 6.07) is 21.3. The van der Waals surface area contributed by atoms with Crippen molar-refractivity contribution in [3.8, 4) is 11.5 Å². The molecule has 1 nitrogen and oxygen atoms in total. The maximum Gasteiger partial charge on any atom is 0.288 e. The number of alkyl halides is 2. The molecule has 0 aromatic heterocycles. The number of halogens is 3. The van der Waals surface area contributed by atoms with Gasteiger partial charge in [-0.1, -0.05) is 49.9 Å². The number of ether oxygens (including phenoxy) is 1. The minimum Gasteiger partial charge on any atom is -0.457 e. The van der Waals surface area contributed by atoms with E-state index in [2.05, 4.69) is 19.9 Å². The monoisotopic (exact) mass is 430 g/mol. The standard InChI is InChI=1S/C25H25F3OS/c1-25(2,19-8-14-23(15-9-19)30-24(27)28)16-4-6-18-5-3-7-22(17-18)29-21-12-10-20(26)11-13-21/h3,5,7-15,17,24H,4,6,16H2,1-2H3. The molecule has 0 aliphatic heterocycles. The second kappa shape index (κ2) is 10.1. The lowest BCUT2D eigenvalue weighted by Gasteiger charge is -2.25. The molecule has 0 aliphatic carbocycles. The molecule has 0 radical (unpaired) electrons. The van der Waals surface area contributed by atoms with Gasteiger partial charge in [-0.3, -0.25) is 0 Å². The highest BCUT2D eigenvalue weighted by molar-refractivity contribution is 7.99. The first kappa shape index (κ1) is 22.3. The van der Waals surface area contributed by atoms with Crippen LogP contribution in [0.1, 0.15) is 37.8 Å². The van der Waals surface area contributed by atoms with E-state index >= 15 is 0 Å². The van der Waals surface area contributed by atoms with Crippen molar-refractivity contribution >= 4 is 11.8 Å². The van der Waals surface area contributed by atoms with Crippen molar-refractivity contribution in [3.63, 3.8) is 0 Å². The minimum absolute atomic E-state index is 0.0454. The maximum atomic E-state index is 13.0. The highest BCUT2D eigenvalue weighted by Gasteiger charge is 2.20. The Kier molecular flexibility index (Phi) is 7.48. The number of hydrogen-bond acceptors (Lipinski definition) is 2. The fourth-order valence-electron chi connectivity index (χ4n) is 3.37. The van der Waals surface area contributed by atoms with E-state index in [1.54, 1.807) is 24.3 Å². The molecular weight excluding hydrogens is 405 g/mol. The Hall–Kier alpha value is -2.40. The van der Waals surface area contributed by atoms with Crippen LogP contribution in [0.15, 0.2) is 77.7 Å². The predicted molar refractivity (Wildman–Crippen MR) is 117 cm³/mol. The van der Waals surface area contributed by atoms with Crippen molar-refractivity contribution in [1.29, 1.82) is 0 Å². The third-order valence-corrected chi connectivity index (χ3v) is 5.80. The lowest BCUT2D eigenvalue weighted by molar-refractivity contribution is 0.252. The van der Waals surface area contributed by atoms with Crippen LogP contribution in [0.25, 0.3) is 0 Å². The average molecular weight is 431 g/mol. The number of benzene rings is 3. The Morgan fingerprint density at radius 1 is 0.900 bits per heavy atom. The minimum atomic E-state index is -2.40. The van der Waals surface area contributed by atoms with Crippen LogP contribution in [-0.4, -0.2) is 5.76 Å². The van der Waals surface area contributed by atoms with Crippen molar-refractivity contribution in [1.82, 2.24) is 0 Å². The first-order valence-electron chi connectivity index (χ1n) is 9.89. The molecule has 0 heterocycles. The van der Waals surface area contributed by atoms with Crippen molar-refractivity contribution in [2.45, 2.75) is 49.2 Å². The molecule has 0 aliphatic rings. The van der Waals surface area contributed by atoms with Crippen LogP contribution in [-0.2, 0) is 11.8 Å². The van der Waals surface area contributed by atoms with Gasteiger partial charge in [0.25, 0.3) is 5.76 Å². The van der Waals surface area contributed by atoms with Gasteiger partial charge in [0, 0.05) is 4.90 Å². The molecule has 0 N–H and O–H groups in total. The SMILES string of the molecule is CC(C)(CCCc1cccc(Oc2ccc(F)cc2)c1)c1ccc(SC(F)F)cc1. The smallest absolute Gasteiger partial charge is 0.288 e. The van der Waals surface area contributed by atoms with Crippen LogP contribution in [0, 0.1) is 5.82 Å². The van der Waals surface area contributed by atoms with E-state index in [9.17, 15) is 13.2 Å².